The molecular formula is C12H18FN3O. The predicted octanol–water partition coefficient (Wildman–Crippen LogP) is 2.53. The molecule has 0 heterocycles. The largest absolute Gasteiger partial charge is 0.399 e. The molecule has 0 atom stereocenters. The number of benzene rings is 1. The van der Waals surface area contributed by atoms with Gasteiger partial charge in [-0.05, 0) is 44.5 Å². The van der Waals surface area contributed by atoms with Crippen molar-refractivity contribution < 1.29 is 9.18 Å². The van der Waals surface area contributed by atoms with Crippen LogP contribution in [0.15, 0.2) is 24.3 Å². The standard InChI is InChI=1S/C12H18FN3O/c1-12(2,13)7-8-15-11(17)16-10-5-3-9(14)4-6-10/h3-6H,7-8,14H2,1-2H3,(H2,15,16,17). The molecular weight excluding hydrogens is 221 g/mol. The SMILES string of the molecule is CC(C)(F)CCNC(=O)Nc1ccc(N)cc1. The smallest absolute Gasteiger partial charge is 0.319 e. The first-order valence-corrected chi connectivity index (χ1v) is 5.46. The van der Waals surface area contributed by atoms with Gasteiger partial charge in [0.1, 0.15) is 5.67 Å². The quantitative estimate of drug-likeness (QED) is 0.707. The molecule has 0 aromatic heterocycles. The molecule has 4 nitrogen and oxygen atoms in total. The van der Waals surface area contributed by atoms with E-state index in [9.17, 15) is 9.18 Å². The molecule has 0 saturated carbocycles. The number of rotatable bonds is 4. The van der Waals surface area contributed by atoms with Crippen molar-refractivity contribution in [1.82, 2.24) is 5.32 Å². The van der Waals surface area contributed by atoms with Crippen LogP contribution in [0.5, 0.6) is 0 Å². The highest BCUT2D eigenvalue weighted by atomic mass is 19.1. The average molecular weight is 239 g/mol. The highest BCUT2D eigenvalue weighted by Crippen LogP contribution is 2.12. The molecule has 4 N–H and O–H groups in total. The lowest BCUT2D eigenvalue weighted by Gasteiger charge is -2.14. The van der Waals surface area contributed by atoms with Crippen LogP contribution < -0.4 is 16.4 Å². The van der Waals surface area contributed by atoms with Gasteiger partial charge in [0.25, 0.3) is 0 Å². The normalized spacial score (nSPS) is 11.0. The van der Waals surface area contributed by atoms with Gasteiger partial charge in [-0.15, -0.1) is 0 Å². The molecule has 2 amide bonds. The molecule has 0 unspecified atom stereocenters. The van der Waals surface area contributed by atoms with E-state index in [1.165, 1.54) is 13.8 Å². The highest BCUT2D eigenvalue weighted by molar-refractivity contribution is 5.89. The molecule has 0 aliphatic heterocycles. The minimum Gasteiger partial charge on any atom is -0.399 e. The third kappa shape index (κ3) is 5.75. The zero-order chi connectivity index (χ0) is 12.9. The summed E-state index contributed by atoms with van der Waals surface area (Å²) in [5, 5.41) is 5.21. The first kappa shape index (κ1) is 13.3. The Hall–Kier alpha value is -1.78. The summed E-state index contributed by atoms with van der Waals surface area (Å²) in [5.74, 6) is 0. The lowest BCUT2D eigenvalue weighted by molar-refractivity contribution is 0.200. The van der Waals surface area contributed by atoms with Crippen molar-refractivity contribution >= 4 is 17.4 Å². The maximum absolute atomic E-state index is 13.1. The van der Waals surface area contributed by atoms with Gasteiger partial charge in [0.2, 0.25) is 0 Å². The number of urea groups is 1. The van der Waals surface area contributed by atoms with Crippen LogP contribution in [-0.4, -0.2) is 18.2 Å². The van der Waals surface area contributed by atoms with Crippen molar-refractivity contribution in [2.45, 2.75) is 25.9 Å². The first-order chi connectivity index (χ1) is 7.87. The van der Waals surface area contributed by atoms with Crippen molar-refractivity contribution in [3.63, 3.8) is 0 Å². The van der Waals surface area contributed by atoms with Crippen LogP contribution in [0, 0.1) is 0 Å². The second kappa shape index (κ2) is 5.52. The molecule has 1 rings (SSSR count). The third-order valence-electron chi connectivity index (χ3n) is 2.17. The molecule has 5 heteroatoms. The fourth-order valence-electron chi connectivity index (χ4n) is 1.22. The van der Waals surface area contributed by atoms with Gasteiger partial charge in [0, 0.05) is 17.9 Å². The maximum Gasteiger partial charge on any atom is 0.319 e. The van der Waals surface area contributed by atoms with Crippen LogP contribution >= 0.6 is 0 Å². The van der Waals surface area contributed by atoms with Gasteiger partial charge < -0.3 is 16.4 Å². The van der Waals surface area contributed by atoms with Gasteiger partial charge in [-0.2, -0.15) is 0 Å². The van der Waals surface area contributed by atoms with Gasteiger partial charge in [0.05, 0.1) is 0 Å². The summed E-state index contributed by atoms with van der Waals surface area (Å²) < 4.78 is 13.1. The van der Waals surface area contributed by atoms with E-state index in [0.29, 0.717) is 17.9 Å². The summed E-state index contributed by atoms with van der Waals surface area (Å²) in [6.07, 6.45) is 0.280. The number of nitrogens with two attached hydrogens (primary N) is 1. The first-order valence-electron chi connectivity index (χ1n) is 5.46. The lowest BCUT2D eigenvalue weighted by Crippen LogP contribution is -2.32. The topological polar surface area (TPSA) is 67.2 Å². The van der Waals surface area contributed by atoms with E-state index in [2.05, 4.69) is 10.6 Å². The highest BCUT2D eigenvalue weighted by Gasteiger charge is 2.14. The van der Waals surface area contributed by atoms with Gasteiger partial charge in [-0.25, -0.2) is 9.18 Å². The molecule has 1 aromatic rings. The zero-order valence-corrected chi connectivity index (χ0v) is 10.1. The molecule has 0 bridgehead atoms. The third-order valence-corrected chi connectivity index (χ3v) is 2.17. The summed E-state index contributed by atoms with van der Waals surface area (Å²) in [7, 11) is 0. The number of nitrogen functional groups attached to an aromatic ring is 1. The van der Waals surface area contributed by atoms with E-state index < -0.39 is 5.67 Å². The van der Waals surface area contributed by atoms with E-state index in [4.69, 9.17) is 5.73 Å². The molecule has 0 aliphatic rings. The van der Waals surface area contributed by atoms with Gasteiger partial charge in [0.15, 0.2) is 0 Å². The molecule has 0 fully saturated rings. The zero-order valence-electron chi connectivity index (χ0n) is 10.1. The molecule has 0 saturated heterocycles. The maximum atomic E-state index is 13.1. The van der Waals surface area contributed by atoms with Crippen molar-refractivity contribution in [2.75, 3.05) is 17.6 Å². The Morgan fingerprint density at radius 1 is 1.35 bits per heavy atom. The number of hydrogen-bond acceptors (Lipinski definition) is 2. The second-order valence-corrected chi connectivity index (χ2v) is 4.47. The fraction of sp³-hybridized carbons (Fsp3) is 0.417. The van der Waals surface area contributed by atoms with Crippen molar-refractivity contribution in [3.05, 3.63) is 24.3 Å². The van der Waals surface area contributed by atoms with Gasteiger partial charge >= 0.3 is 6.03 Å². The minimum absolute atomic E-state index is 0.280. The van der Waals surface area contributed by atoms with Crippen LogP contribution in [0.1, 0.15) is 20.3 Å². The summed E-state index contributed by atoms with van der Waals surface area (Å²) in [5.41, 5.74) is 5.53. The van der Waals surface area contributed by atoms with Crippen LogP contribution in [0.4, 0.5) is 20.6 Å². The van der Waals surface area contributed by atoms with Crippen molar-refractivity contribution in [1.29, 1.82) is 0 Å². The Kier molecular flexibility index (Phi) is 4.31. The number of carbonyl (C=O) groups excluding carboxylic acids is 1. The fourth-order valence-corrected chi connectivity index (χ4v) is 1.22. The summed E-state index contributed by atoms with van der Waals surface area (Å²) in [4.78, 5) is 11.4. The van der Waals surface area contributed by atoms with Gasteiger partial charge in [-0.1, -0.05) is 0 Å². The number of nitrogens with one attached hydrogen (secondary N) is 2. The molecule has 0 aliphatic carbocycles. The molecule has 17 heavy (non-hydrogen) atoms. The second-order valence-electron chi connectivity index (χ2n) is 4.47. The van der Waals surface area contributed by atoms with Crippen LogP contribution in [0.2, 0.25) is 0 Å². The summed E-state index contributed by atoms with van der Waals surface area (Å²) >= 11 is 0. The predicted molar refractivity (Wildman–Crippen MR) is 67.7 cm³/mol. The number of hydrogen-bond donors (Lipinski definition) is 3. The van der Waals surface area contributed by atoms with E-state index >= 15 is 0 Å². The Morgan fingerprint density at radius 3 is 2.47 bits per heavy atom. The summed E-state index contributed by atoms with van der Waals surface area (Å²) in [6.45, 7) is 3.25. The van der Waals surface area contributed by atoms with E-state index in [-0.39, 0.29) is 12.5 Å². The van der Waals surface area contributed by atoms with Gasteiger partial charge in [-0.3, -0.25) is 0 Å². The summed E-state index contributed by atoms with van der Waals surface area (Å²) in [6, 6.07) is 6.45. The van der Waals surface area contributed by atoms with E-state index in [1.807, 2.05) is 0 Å². The van der Waals surface area contributed by atoms with Crippen LogP contribution in [0.3, 0.4) is 0 Å². The molecule has 0 radical (unpaired) electrons. The van der Waals surface area contributed by atoms with E-state index in [0.717, 1.165) is 0 Å². The van der Waals surface area contributed by atoms with Crippen LogP contribution in [-0.2, 0) is 0 Å². The number of halogens is 1. The Morgan fingerprint density at radius 2 is 1.94 bits per heavy atom. The number of alkyl halides is 1. The number of anilines is 2. The Bertz CT molecular complexity index is 370. The molecule has 0 spiro atoms. The Labute approximate surface area is 100 Å². The lowest BCUT2D eigenvalue weighted by atomic mass is 10.1. The Balaban J connectivity index is 2.32. The minimum atomic E-state index is -1.27. The van der Waals surface area contributed by atoms with Crippen molar-refractivity contribution in [2.24, 2.45) is 0 Å². The number of carbonyl (C=O) groups is 1. The van der Waals surface area contributed by atoms with E-state index in [1.54, 1.807) is 24.3 Å². The monoisotopic (exact) mass is 239 g/mol. The number of amides is 2. The average Bonchev–Trinajstić information content (AvgIpc) is 2.19. The van der Waals surface area contributed by atoms with Crippen LogP contribution in [0.25, 0.3) is 0 Å². The molecule has 1 aromatic carbocycles. The van der Waals surface area contributed by atoms with Crippen molar-refractivity contribution in [3.8, 4) is 0 Å². The molecule has 94 valence electrons.